The Morgan fingerprint density at radius 1 is 1.56 bits per heavy atom. The van der Waals surface area contributed by atoms with Gasteiger partial charge in [-0.25, -0.2) is 0 Å². The maximum atomic E-state index is 10.4. The SMILES string of the molecule is CC1CNCC(COc2ncc([N+](=O)[O-])cn2)O1. The second-order valence-electron chi connectivity index (χ2n) is 4.02. The highest BCUT2D eigenvalue weighted by molar-refractivity contribution is 5.21. The molecular weight excluding hydrogens is 240 g/mol. The molecule has 2 unspecified atom stereocenters. The van der Waals surface area contributed by atoms with Gasteiger partial charge in [0.15, 0.2) is 0 Å². The predicted molar refractivity (Wildman–Crippen MR) is 61.4 cm³/mol. The zero-order valence-corrected chi connectivity index (χ0v) is 9.91. The summed E-state index contributed by atoms with van der Waals surface area (Å²) in [5.74, 6) is 0. The Kier molecular flexibility index (Phi) is 4.00. The number of nitrogens with zero attached hydrogens (tertiary/aromatic N) is 3. The molecule has 1 aliphatic heterocycles. The lowest BCUT2D eigenvalue weighted by Crippen LogP contribution is -2.45. The first-order chi connectivity index (χ1) is 8.65. The van der Waals surface area contributed by atoms with Gasteiger partial charge in [-0.15, -0.1) is 0 Å². The van der Waals surface area contributed by atoms with Crippen molar-refractivity contribution in [3.63, 3.8) is 0 Å². The zero-order valence-electron chi connectivity index (χ0n) is 9.91. The minimum absolute atomic E-state index is 0.0625. The quantitative estimate of drug-likeness (QED) is 0.602. The van der Waals surface area contributed by atoms with Crippen LogP contribution in [-0.2, 0) is 4.74 Å². The van der Waals surface area contributed by atoms with E-state index < -0.39 is 4.92 Å². The molecule has 0 radical (unpaired) electrons. The van der Waals surface area contributed by atoms with Gasteiger partial charge in [0.2, 0.25) is 0 Å². The molecule has 0 aliphatic carbocycles. The van der Waals surface area contributed by atoms with Crippen molar-refractivity contribution in [1.29, 1.82) is 0 Å². The maximum Gasteiger partial charge on any atom is 0.316 e. The number of hydrogen-bond acceptors (Lipinski definition) is 7. The smallest absolute Gasteiger partial charge is 0.316 e. The summed E-state index contributed by atoms with van der Waals surface area (Å²) >= 11 is 0. The Bertz CT molecular complexity index is 411. The van der Waals surface area contributed by atoms with Gasteiger partial charge in [0.05, 0.1) is 11.0 Å². The fourth-order valence-electron chi connectivity index (χ4n) is 1.62. The number of nitrogens with one attached hydrogen (secondary N) is 1. The third-order valence-electron chi connectivity index (χ3n) is 2.45. The Labute approximate surface area is 103 Å². The van der Waals surface area contributed by atoms with Crippen molar-refractivity contribution in [3.05, 3.63) is 22.5 Å². The predicted octanol–water partition coefficient (Wildman–Crippen LogP) is 0.140. The summed E-state index contributed by atoms with van der Waals surface area (Å²) in [4.78, 5) is 17.4. The third-order valence-corrected chi connectivity index (χ3v) is 2.45. The Balaban J connectivity index is 1.84. The standard InChI is InChI=1S/C10H14N4O4/c1-7-2-11-5-9(18-7)6-17-10-12-3-8(4-13-10)14(15)16/h3-4,7,9,11H,2,5-6H2,1H3. The molecule has 98 valence electrons. The number of rotatable bonds is 4. The Hall–Kier alpha value is -1.80. The molecule has 0 spiro atoms. The molecule has 2 atom stereocenters. The van der Waals surface area contributed by atoms with Crippen LogP contribution >= 0.6 is 0 Å². The summed E-state index contributed by atoms with van der Waals surface area (Å²) in [6.45, 7) is 3.82. The average Bonchev–Trinajstić information content (AvgIpc) is 2.37. The van der Waals surface area contributed by atoms with E-state index in [4.69, 9.17) is 9.47 Å². The third kappa shape index (κ3) is 3.34. The fourth-order valence-corrected chi connectivity index (χ4v) is 1.62. The van der Waals surface area contributed by atoms with Crippen molar-refractivity contribution in [3.8, 4) is 6.01 Å². The first-order valence-electron chi connectivity index (χ1n) is 5.60. The molecule has 1 aromatic rings. The van der Waals surface area contributed by atoms with Gasteiger partial charge in [0.1, 0.15) is 25.1 Å². The van der Waals surface area contributed by atoms with Crippen LogP contribution in [0, 0.1) is 10.1 Å². The van der Waals surface area contributed by atoms with Crippen molar-refractivity contribution in [2.45, 2.75) is 19.1 Å². The summed E-state index contributed by atoms with van der Waals surface area (Å²) < 4.78 is 10.9. The second kappa shape index (κ2) is 5.69. The lowest BCUT2D eigenvalue weighted by molar-refractivity contribution is -0.385. The van der Waals surface area contributed by atoms with Crippen LogP contribution in [-0.4, -0.2) is 46.8 Å². The van der Waals surface area contributed by atoms with Gasteiger partial charge in [-0.3, -0.25) is 10.1 Å². The molecule has 2 heterocycles. The first-order valence-corrected chi connectivity index (χ1v) is 5.60. The first kappa shape index (κ1) is 12.7. The Morgan fingerprint density at radius 2 is 2.28 bits per heavy atom. The summed E-state index contributed by atoms with van der Waals surface area (Å²) in [6.07, 6.45) is 2.31. The molecule has 1 aliphatic rings. The zero-order chi connectivity index (χ0) is 13.0. The summed E-state index contributed by atoms with van der Waals surface area (Å²) in [7, 11) is 0. The van der Waals surface area contributed by atoms with E-state index in [0.717, 1.165) is 18.9 Å². The second-order valence-corrected chi connectivity index (χ2v) is 4.02. The van der Waals surface area contributed by atoms with E-state index in [9.17, 15) is 10.1 Å². The van der Waals surface area contributed by atoms with Gasteiger partial charge in [-0.1, -0.05) is 0 Å². The van der Waals surface area contributed by atoms with Gasteiger partial charge >= 0.3 is 11.7 Å². The molecule has 1 saturated heterocycles. The van der Waals surface area contributed by atoms with E-state index in [-0.39, 0.29) is 23.9 Å². The summed E-state index contributed by atoms with van der Waals surface area (Å²) in [6, 6.07) is 0.113. The molecule has 0 bridgehead atoms. The molecule has 8 heteroatoms. The number of ether oxygens (including phenoxy) is 2. The average molecular weight is 254 g/mol. The normalized spacial score (nSPS) is 23.6. The molecule has 0 aromatic carbocycles. The van der Waals surface area contributed by atoms with Gasteiger partial charge in [0, 0.05) is 13.1 Å². The summed E-state index contributed by atoms with van der Waals surface area (Å²) in [5.41, 5.74) is -0.161. The number of morpholine rings is 1. The highest BCUT2D eigenvalue weighted by Gasteiger charge is 2.19. The molecule has 8 nitrogen and oxygen atoms in total. The van der Waals surface area contributed by atoms with E-state index in [1.807, 2.05) is 6.92 Å². The van der Waals surface area contributed by atoms with Crippen LogP contribution in [0.5, 0.6) is 6.01 Å². The van der Waals surface area contributed by atoms with E-state index >= 15 is 0 Å². The van der Waals surface area contributed by atoms with Crippen LogP contribution in [0.15, 0.2) is 12.4 Å². The van der Waals surface area contributed by atoms with E-state index in [0.29, 0.717) is 13.2 Å². The lowest BCUT2D eigenvalue weighted by Gasteiger charge is -2.28. The minimum atomic E-state index is -0.556. The molecule has 0 saturated carbocycles. The minimum Gasteiger partial charge on any atom is -0.461 e. The topological polar surface area (TPSA) is 99.4 Å². The molecular formula is C10H14N4O4. The van der Waals surface area contributed by atoms with Gasteiger partial charge in [-0.2, -0.15) is 9.97 Å². The van der Waals surface area contributed by atoms with Crippen molar-refractivity contribution in [1.82, 2.24) is 15.3 Å². The van der Waals surface area contributed by atoms with Gasteiger partial charge in [0.25, 0.3) is 0 Å². The lowest BCUT2D eigenvalue weighted by atomic mass is 10.2. The maximum absolute atomic E-state index is 10.4. The van der Waals surface area contributed by atoms with E-state index in [2.05, 4.69) is 15.3 Å². The van der Waals surface area contributed by atoms with Crippen LogP contribution in [0.25, 0.3) is 0 Å². The molecule has 0 amide bonds. The highest BCUT2D eigenvalue weighted by atomic mass is 16.6. The van der Waals surface area contributed by atoms with Gasteiger partial charge in [-0.05, 0) is 6.92 Å². The van der Waals surface area contributed by atoms with Crippen LogP contribution in [0.2, 0.25) is 0 Å². The monoisotopic (exact) mass is 254 g/mol. The van der Waals surface area contributed by atoms with E-state index in [1.165, 1.54) is 0 Å². The van der Waals surface area contributed by atoms with Crippen LogP contribution < -0.4 is 10.1 Å². The van der Waals surface area contributed by atoms with E-state index in [1.54, 1.807) is 0 Å². The van der Waals surface area contributed by atoms with Crippen molar-refractivity contribution >= 4 is 5.69 Å². The molecule has 1 N–H and O–H groups in total. The number of aromatic nitrogens is 2. The molecule has 1 aromatic heterocycles. The van der Waals surface area contributed by atoms with Crippen molar-refractivity contribution in [2.75, 3.05) is 19.7 Å². The van der Waals surface area contributed by atoms with Crippen LogP contribution in [0.1, 0.15) is 6.92 Å². The fraction of sp³-hybridized carbons (Fsp3) is 0.600. The molecule has 2 rings (SSSR count). The largest absolute Gasteiger partial charge is 0.461 e. The molecule has 1 fully saturated rings. The van der Waals surface area contributed by atoms with Crippen LogP contribution in [0.4, 0.5) is 5.69 Å². The highest BCUT2D eigenvalue weighted by Crippen LogP contribution is 2.10. The summed E-state index contributed by atoms with van der Waals surface area (Å²) in [5, 5.41) is 13.6. The van der Waals surface area contributed by atoms with Gasteiger partial charge < -0.3 is 14.8 Å². The van der Waals surface area contributed by atoms with Crippen LogP contribution in [0.3, 0.4) is 0 Å². The van der Waals surface area contributed by atoms with Crippen molar-refractivity contribution in [2.24, 2.45) is 0 Å². The van der Waals surface area contributed by atoms with Crippen molar-refractivity contribution < 1.29 is 14.4 Å². The molecule has 18 heavy (non-hydrogen) atoms. The number of hydrogen-bond donors (Lipinski definition) is 1. The number of nitro groups is 1. The Morgan fingerprint density at radius 3 is 2.89 bits per heavy atom.